The largest absolute Gasteiger partial charge is 0.494 e. The lowest BCUT2D eigenvalue weighted by molar-refractivity contribution is -0.134. The maximum absolute atomic E-state index is 12.8. The number of hydrazine groups is 1. The van der Waals surface area contributed by atoms with Gasteiger partial charge in [-0.05, 0) is 70.0 Å². The Balaban J connectivity index is 1.44. The van der Waals surface area contributed by atoms with Gasteiger partial charge in [-0.15, -0.1) is 0 Å². The van der Waals surface area contributed by atoms with Crippen molar-refractivity contribution in [2.24, 2.45) is 5.92 Å². The lowest BCUT2D eigenvalue weighted by Crippen LogP contribution is -2.50. The van der Waals surface area contributed by atoms with Gasteiger partial charge in [0.2, 0.25) is 15.9 Å². The maximum Gasteiger partial charge on any atom is 0.279 e. The summed E-state index contributed by atoms with van der Waals surface area (Å²) in [6.07, 6.45) is -0.101. The van der Waals surface area contributed by atoms with Crippen LogP contribution in [0.25, 0.3) is 0 Å². The number of ether oxygens (including phenoxy) is 2. The zero-order valence-corrected chi connectivity index (χ0v) is 20.4. The Morgan fingerprint density at radius 3 is 2.18 bits per heavy atom. The molecule has 2 aromatic rings. The van der Waals surface area contributed by atoms with Crippen molar-refractivity contribution in [1.29, 1.82) is 0 Å². The molecule has 0 spiro atoms. The van der Waals surface area contributed by atoms with Gasteiger partial charge in [-0.1, -0.05) is 17.7 Å². The number of amides is 2. The lowest BCUT2D eigenvalue weighted by atomic mass is 9.98. The Kier molecular flexibility index (Phi) is 8.51. The third-order valence-electron chi connectivity index (χ3n) is 5.61. The second-order valence-electron chi connectivity index (χ2n) is 8.13. The van der Waals surface area contributed by atoms with E-state index in [2.05, 4.69) is 10.9 Å². The van der Waals surface area contributed by atoms with E-state index in [0.717, 1.165) is 5.56 Å². The molecule has 184 valence electrons. The summed E-state index contributed by atoms with van der Waals surface area (Å²) in [6, 6.07) is 13.6. The number of hydrogen-bond acceptors (Lipinski definition) is 6. The Labute approximate surface area is 200 Å². The van der Waals surface area contributed by atoms with Gasteiger partial charge in [-0.2, -0.15) is 4.31 Å². The molecule has 10 heteroatoms. The van der Waals surface area contributed by atoms with Crippen LogP contribution < -0.4 is 20.3 Å². The van der Waals surface area contributed by atoms with E-state index in [1.807, 2.05) is 13.8 Å². The first-order valence-corrected chi connectivity index (χ1v) is 12.7. The fourth-order valence-electron chi connectivity index (χ4n) is 3.58. The third kappa shape index (κ3) is 6.48. The molecule has 0 saturated carbocycles. The molecule has 9 nitrogen and oxygen atoms in total. The van der Waals surface area contributed by atoms with Crippen molar-refractivity contribution in [3.8, 4) is 11.5 Å². The van der Waals surface area contributed by atoms with E-state index in [1.54, 1.807) is 55.5 Å². The molecule has 2 aromatic carbocycles. The summed E-state index contributed by atoms with van der Waals surface area (Å²) in [6.45, 7) is 6.39. The summed E-state index contributed by atoms with van der Waals surface area (Å²) in [4.78, 5) is 25.0. The average molecular weight is 490 g/mol. The Hall–Kier alpha value is -3.11. The van der Waals surface area contributed by atoms with Crippen molar-refractivity contribution in [2.75, 3.05) is 19.7 Å². The van der Waals surface area contributed by atoms with Crippen molar-refractivity contribution in [2.45, 2.75) is 44.6 Å². The SMILES string of the molecule is CCOc1ccc(OC(C)C(=O)NNC(=O)C2CCN(S(=O)(=O)c3ccc(C)cc3)CC2)cc1. The summed E-state index contributed by atoms with van der Waals surface area (Å²) in [5, 5.41) is 0. The number of hydrogen-bond donors (Lipinski definition) is 2. The van der Waals surface area contributed by atoms with Crippen LogP contribution in [0.5, 0.6) is 11.5 Å². The van der Waals surface area contributed by atoms with Crippen molar-refractivity contribution >= 4 is 21.8 Å². The highest BCUT2D eigenvalue weighted by Crippen LogP contribution is 2.24. The van der Waals surface area contributed by atoms with Gasteiger partial charge in [0.25, 0.3) is 5.91 Å². The molecular formula is C24H31N3O6S. The average Bonchev–Trinajstić information content (AvgIpc) is 2.84. The molecule has 1 aliphatic heterocycles. The maximum atomic E-state index is 12.8. The Morgan fingerprint density at radius 1 is 1.00 bits per heavy atom. The lowest BCUT2D eigenvalue weighted by Gasteiger charge is -2.30. The van der Waals surface area contributed by atoms with Crippen LogP contribution in [0.2, 0.25) is 0 Å². The van der Waals surface area contributed by atoms with Crippen LogP contribution >= 0.6 is 0 Å². The van der Waals surface area contributed by atoms with E-state index in [0.29, 0.717) is 30.9 Å². The van der Waals surface area contributed by atoms with E-state index in [9.17, 15) is 18.0 Å². The van der Waals surface area contributed by atoms with Crippen molar-refractivity contribution in [3.63, 3.8) is 0 Å². The molecule has 1 unspecified atom stereocenters. The van der Waals surface area contributed by atoms with E-state index in [4.69, 9.17) is 9.47 Å². The predicted octanol–water partition coefficient (Wildman–Crippen LogP) is 2.41. The third-order valence-corrected chi connectivity index (χ3v) is 7.52. The van der Waals surface area contributed by atoms with Crippen LogP contribution in [0.1, 0.15) is 32.3 Å². The number of rotatable bonds is 8. The molecule has 0 radical (unpaired) electrons. The highest BCUT2D eigenvalue weighted by Gasteiger charge is 2.32. The number of aryl methyl sites for hydroxylation is 1. The molecule has 1 aliphatic rings. The van der Waals surface area contributed by atoms with E-state index in [1.165, 1.54) is 4.31 Å². The second-order valence-corrected chi connectivity index (χ2v) is 10.1. The van der Waals surface area contributed by atoms with Gasteiger partial charge in [-0.3, -0.25) is 20.4 Å². The van der Waals surface area contributed by atoms with Crippen molar-refractivity contribution in [3.05, 3.63) is 54.1 Å². The zero-order chi connectivity index (χ0) is 24.7. The van der Waals surface area contributed by atoms with Crippen LogP contribution in [-0.4, -0.2) is 50.3 Å². The monoisotopic (exact) mass is 489 g/mol. The number of piperidine rings is 1. The first kappa shape index (κ1) is 25.5. The summed E-state index contributed by atoms with van der Waals surface area (Å²) >= 11 is 0. The summed E-state index contributed by atoms with van der Waals surface area (Å²) < 4.78 is 38.0. The molecule has 3 rings (SSSR count). The number of sulfonamides is 1. The number of nitrogens with zero attached hydrogens (tertiary/aromatic N) is 1. The van der Waals surface area contributed by atoms with E-state index in [-0.39, 0.29) is 23.9 Å². The first-order chi connectivity index (χ1) is 16.2. The minimum Gasteiger partial charge on any atom is -0.494 e. The predicted molar refractivity (Wildman–Crippen MR) is 127 cm³/mol. The molecule has 0 aromatic heterocycles. The number of carbonyl (C=O) groups is 2. The molecule has 34 heavy (non-hydrogen) atoms. The molecule has 1 heterocycles. The van der Waals surface area contributed by atoms with Crippen LogP contribution in [0.3, 0.4) is 0 Å². The molecule has 0 aliphatic carbocycles. The fourth-order valence-corrected chi connectivity index (χ4v) is 5.05. The van der Waals surface area contributed by atoms with E-state index < -0.39 is 28.0 Å². The highest BCUT2D eigenvalue weighted by atomic mass is 32.2. The van der Waals surface area contributed by atoms with Crippen molar-refractivity contribution in [1.82, 2.24) is 15.2 Å². The van der Waals surface area contributed by atoms with Crippen LogP contribution in [0.15, 0.2) is 53.4 Å². The molecule has 1 atom stereocenters. The normalized spacial score (nSPS) is 15.9. The first-order valence-electron chi connectivity index (χ1n) is 11.3. The van der Waals surface area contributed by atoms with Gasteiger partial charge in [0.1, 0.15) is 11.5 Å². The molecule has 1 fully saturated rings. The number of benzene rings is 2. The standard InChI is InChI=1S/C24H31N3O6S/c1-4-32-20-7-9-21(10-8-20)33-18(3)23(28)25-26-24(29)19-13-15-27(16-14-19)34(30,31)22-11-5-17(2)6-12-22/h5-12,18-19H,4,13-16H2,1-3H3,(H,25,28)(H,26,29). The topological polar surface area (TPSA) is 114 Å². The van der Waals surface area contributed by atoms with Gasteiger partial charge in [0.05, 0.1) is 11.5 Å². The molecule has 2 amide bonds. The van der Waals surface area contributed by atoms with Gasteiger partial charge < -0.3 is 9.47 Å². The Bertz CT molecular complexity index is 1080. The van der Waals surface area contributed by atoms with E-state index >= 15 is 0 Å². The smallest absolute Gasteiger partial charge is 0.279 e. The fraction of sp³-hybridized carbons (Fsp3) is 0.417. The van der Waals surface area contributed by atoms with Gasteiger partial charge >= 0.3 is 0 Å². The molecular weight excluding hydrogens is 458 g/mol. The van der Waals surface area contributed by atoms with Gasteiger partial charge in [0, 0.05) is 19.0 Å². The highest BCUT2D eigenvalue weighted by molar-refractivity contribution is 7.89. The van der Waals surface area contributed by atoms with Gasteiger partial charge in [0.15, 0.2) is 6.10 Å². The number of carbonyl (C=O) groups excluding carboxylic acids is 2. The van der Waals surface area contributed by atoms with Crippen LogP contribution in [-0.2, 0) is 19.6 Å². The van der Waals surface area contributed by atoms with Gasteiger partial charge in [-0.25, -0.2) is 8.42 Å². The quantitative estimate of drug-likeness (QED) is 0.551. The van der Waals surface area contributed by atoms with Crippen LogP contribution in [0.4, 0.5) is 0 Å². The second kappa shape index (κ2) is 11.3. The summed E-state index contributed by atoms with van der Waals surface area (Å²) in [5.41, 5.74) is 5.80. The molecule has 1 saturated heterocycles. The van der Waals surface area contributed by atoms with Crippen molar-refractivity contribution < 1.29 is 27.5 Å². The molecule has 2 N–H and O–H groups in total. The molecule has 0 bridgehead atoms. The summed E-state index contributed by atoms with van der Waals surface area (Å²) in [7, 11) is -3.59. The minimum absolute atomic E-state index is 0.236. The Morgan fingerprint density at radius 2 is 1.59 bits per heavy atom. The summed E-state index contributed by atoms with van der Waals surface area (Å²) in [5.74, 6) is -0.0424. The zero-order valence-electron chi connectivity index (χ0n) is 19.6. The van der Waals surface area contributed by atoms with Crippen LogP contribution in [0, 0.1) is 12.8 Å². The minimum atomic E-state index is -3.59. The number of nitrogens with one attached hydrogen (secondary N) is 2.